The normalized spacial score (nSPS) is 10.6. The van der Waals surface area contributed by atoms with Crippen LogP contribution in [0.1, 0.15) is 21.5 Å². The van der Waals surface area contributed by atoms with Gasteiger partial charge in [-0.1, -0.05) is 29.8 Å². The number of aryl methyl sites for hydroxylation is 1. The van der Waals surface area contributed by atoms with Gasteiger partial charge in [0.15, 0.2) is 0 Å². The second-order valence-corrected chi connectivity index (χ2v) is 4.13. The van der Waals surface area contributed by atoms with Gasteiger partial charge in [-0.2, -0.15) is 5.10 Å². The first-order valence-corrected chi connectivity index (χ1v) is 5.85. The fraction of sp³-hybridized carbons (Fsp3) is 0.0667. The number of carbonyl (C=O) groups excluding carboxylic acids is 1. The largest absolute Gasteiger partial charge is 0.507 e. The summed E-state index contributed by atoms with van der Waals surface area (Å²) in [6, 6.07) is 14.0. The number of hydrogen-bond acceptors (Lipinski definition) is 3. The third-order valence-corrected chi connectivity index (χ3v) is 2.59. The number of phenols is 1. The monoisotopic (exact) mass is 254 g/mol. The fourth-order valence-corrected chi connectivity index (χ4v) is 1.61. The van der Waals surface area contributed by atoms with Crippen LogP contribution in [-0.4, -0.2) is 17.2 Å². The van der Waals surface area contributed by atoms with Crippen molar-refractivity contribution in [3.63, 3.8) is 0 Å². The number of aromatic hydroxyl groups is 1. The SMILES string of the molecule is Cc1cccc(C(=O)N/N=C\c2ccccc2O)c1. The number of para-hydroxylation sites is 1. The molecule has 2 N–H and O–H groups in total. The Bertz CT molecular complexity index is 621. The van der Waals surface area contributed by atoms with Crippen LogP contribution in [0.15, 0.2) is 53.6 Å². The molecule has 0 heterocycles. The Hall–Kier alpha value is -2.62. The summed E-state index contributed by atoms with van der Waals surface area (Å²) in [5, 5.41) is 13.3. The van der Waals surface area contributed by atoms with Crippen LogP contribution in [-0.2, 0) is 0 Å². The zero-order valence-electron chi connectivity index (χ0n) is 10.5. The first-order valence-electron chi connectivity index (χ1n) is 5.85. The van der Waals surface area contributed by atoms with Gasteiger partial charge in [-0.15, -0.1) is 0 Å². The van der Waals surface area contributed by atoms with Gasteiger partial charge in [0.25, 0.3) is 5.91 Å². The van der Waals surface area contributed by atoms with E-state index in [1.165, 1.54) is 6.21 Å². The molecule has 0 aliphatic heterocycles. The second-order valence-electron chi connectivity index (χ2n) is 4.13. The molecule has 2 aromatic rings. The molecule has 1 amide bonds. The second kappa shape index (κ2) is 5.82. The molecule has 0 saturated carbocycles. The Kier molecular flexibility index (Phi) is 3.93. The maximum absolute atomic E-state index is 11.8. The van der Waals surface area contributed by atoms with Gasteiger partial charge in [-0.05, 0) is 31.2 Å². The summed E-state index contributed by atoms with van der Waals surface area (Å²) in [4.78, 5) is 11.8. The maximum Gasteiger partial charge on any atom is 0.271 e. The number of phenolic OH excluding ortho intramolecular Hbond substituents is 1. The minimum absolute atomic E-state index is 0.121. The number of hydrazone groups is 1. The molecule has 0 fully saturated rings. The van der Waals surface area contributed by atoms with Gasteiger partial charge in [0.2, 0.25) is 0 Å². The van der Waals surface area contributed by atoms with Crippen LogP contribution in [0.2, 0.25) is 0 Å². The Morgan fingerprint density at radius 1 is 1.21 bits per heavy atom. The van der Waals surface area contributed by atoms with E-state index in [1.54, 1.807) is 36.4 Å². The lowest BCUT2D eigenvalue weighted by Crippen LogP contribution is -2.17. The minimum atomic E-state index is -0.282. The van der Waals surface area contributed by atoms with E-state index in [-0.39, 0.29) is 11.7 Å². The van der Waals surface area contributed by atoms with E-state index in [0.29, 0.717) is 11.1 Å². The van der Waals surface area contributed by atoms with Gasteiger partial charge >= 0.3 is 0 Å². The van der Waals surface area contributed by atoms with Gasteiger partial charge in [0.1, 0.15) is 5.75 Å². The Balaban J connectivity index is 2.03. The molecule has 0 spiro atoms. The van der Waals surface area contributed by atoms with Gasteiger partial charge in [-0.3, -0.25) is 4.79 Å². The third-order valence-electron chi connectivity index (χ3n) is 2.59. The lowest BCUT2D eigenvalue weighted by Gasteiger charge is -2.01. The van der Waals surface area contributed by atoms with Crippen molar-refractivity contribution in [2.24, 2.45) is 5.10 Å². The number of carbonyl (C=O) groups is 1. The molecule has 2 rings (SSSR count). The van der Waals surface area contributed by atoms with Crippen LogP contribution in [0.5, 0.6) is 5.75 Å². The number of rotatable bonds is 3. The number of hydrogen-bond donors (Lipinski definition) is 2. The minimum Gasteiger partial charge on any atom is -0.507 e. The predicted molar refractivity (Wildman–Crippen MR) is 74.3 cm³/mol. The molecule has 0 aromatic heterocycles. The highest BCUT2D eigenvalue weighted by atomic mass is 16.3. The van der Waals surface area contributed by atoms with Crippen molar-refractivity contribution in [2.75, 3.05) is 0 Å². The summed E-state index contributed by atoms with van der Waals surface area (Å²) < 4.78 is 0. The molecule has 0 saturated heterocycles. The van der Waals surface area contributed by atoms with Crippen molar-refractivity contribution in [2.45, 2.75) is 6.92 Å². The smallest absolute Gasteiger partial charge is 0.271 e. The van der Waals surface area contributed by atoms with Crippen molar-refractivity contribution in [3.05, 3.63) is 65.2 Å². The van der Waals surface area contributed by atoms with E-state index in [4.69, 9.17) is 0 Å². The molecule has 19 heavy (non-hydrogen) atoms. The summed E-state index contributed by atoms with van der Waals surface area (Å²) >= 11 is 0. The zero-order chi connectivity index (χ0) is 13.7. The van der Waals surface area contributed by atoms with E-state index in [9.17, 15) is 9.90 Å². The third kappa shape index (κ3) is 3.42. The highest BCUT2D eigenvalue weighted by Crippen LogP contribution is 2.12. The lowest BCUT2D eigenvalue weighted by atomic mass is 10.1. The lowest BCUT2D eigenvalue weighted by molar-refractivity contribution is 0.0955. The van der Waals surface area contributed by atoms with Crippen molar-refractivity contribution >= 4 is 12.1 Å². The van der Waals surface area contributed by atoms with E-state index in [0.717, 1.165) is 5.56 Å². The first kappa shape index (κ1) is 12.8. The molecule has 4 nitrogen and oxygen atoms in total. The average molecular weight is 254 g/mol. The number of nitrogens with one attached hydrogen (secondary N) is 1. The number of amides is 1. The molecule has 0 aliphatic carbocycles. The fourth-order valence-electron chi connectivity index (χ4n) is 1.61. The number of nitrogens with zero attached hydrogens (tertiary/aromatic N) is 1. The molecule has 2 aromatic carbocycles. The van der Waals surface area contributed by atoms with Crippen LogP contribution in [0.3, 0.4) is 0 Å². The average Bonchev–Trinajstić information content (AvgIpc) is 2.41. The van der Waals surface area contributed by atoms with Crippen molar-refractivity contribution in [3.8, 4) is 5.75 Å². The summed E-state index contributed by atoms with van der Waals surface area (Å²) in [5.74, 6) is -0.161. The van der Waals surface area contributed by atoms with Crippen LogP contribution in [0.4, 0.5) is 0 Å². The van der Waals surface area contributed by atoms with Crippen LogP contribution in [0.25, 0.3) is 0 Å². The van der Waals surface area contributed by atoms with E-state index in [1.807, 2.05) is 19.1 Å². The molecule has 0 bridgehead atoms. The van der Waals surface area contributed by atoms with Crippen LogP contribution < -0.4 is 5.43 Å². The molecule has 0 unspecified atom stereocenters. The van der Waals surface area contributed by atoms with Gasteiger partial charge in [0.05, 0.1) is 6.21 Å². The summed E-state index contributed by atoms with van der Waals surface area (Å²) in [5.41, 5.74) is 4.53. The first-order chi connectivity index (χ1) is 9.16. The van der Waals surface area contributed by atoms with Crippen molar-refractivity contribution < 1.29 is 9.90 Å². The van der Waals surface area contributed by atoms with Gasteiger partial charge in [-0.25, -0.2) is 5.43 Å². The predicted octanol–water partition coefficient (Wildman–Crippen LogP) is 2.46. The van der Waals surface area contributed by atoms with E-state index >= 15 is 0 Å². The number of benzene rings is 2. The Labute approximate surface area is 111 Å². The summed E-state index contributed by atoms with van der Waals surface area (Å²) in [7, 11) is 0. The summed E-state index contributed by atoms with van der Waals surface area (Å²) in [6.45, 7) is 1.92. The maximum atomic E-state index is 11.8. The molecular formula is C15H14N2O2. The molecule has 0 aliphatic rings. The molecule has 0 atom stereocenters. The molecule has 4 heteroatoms. The Morgan fingerprint density at radius 3 is 2.74 bits per heavy atom. The molecule has 96 valence electrons. The highest BCUT2D eigenvalue weighted by molar-refractivity contribution is 5.95. The topological polar surface area (TPSA) is 61.7 Å². The molecular weight excluding hydrogens is 240 g/mol. The summed E-state index contributed by atoms with van der Waals surface area (Å²) in [6.07, 6.45) is 1.41. The van der Waals surface area contributed by atoms with Crippen molar-refractivity contribution in [1.29, 1.82) is 0 Å². The van der Waals surface area contributed by atoms with Gasteiger partial charge < -0.3 is 5.11 Å². The van der Waals surface area contributed by atoms with Crippen LogP contribution >= 0.6 is 0 Å². The quantitative estimate of drug-likeness (QED) is 0.653. The van der Waals surface area contributed by atoms with Gasteiger partial charge in [0, 0.05) is 11.1 Å². The van der Waals surface area contributed by atoms with E-state index < -0.39 is 0 Å². The van der Waals surface area contributed by atoms with Crippen LogP contribution in [0, 0.1) is 6.92 Å². The van der Waals surface area contributed by atoms with Crippen molar-refractivity contribution in [1.82, 2.24) is 5.43 Å². The van der Waals surface area contributed by atoms with E-state index in [2.05, 4.69) is 10.5 Å². The Morgan fingerprint density at radius 2 is 2.00 bits per heavy atom. The highest BCUT2D eigenvalue weighted by Gasteiger charge is 2.03. The zero-order valence-corrected chi connectivity index (χ0v) is 10.5. The standard InChI is InChI=1S/C15H14N2O2/c1-11-5-4-7-12(9-11)15(19)17-16-10-13-6-2-3-8-14(13)18/h2-10,18H,1H3,(H,17,19)/b16-10-. The molecule has 0 radical (unpaired) electrons.